The van der Waals surface area contributed by atoms with E-state index in [2.05, 4.69) is 5.32 Å². The lowest BCUT2D eigenvalue weighted by Crippen LogP contribution is -2.36. The van der Waals surface area contributed by atoms with Gasteiger partial charge in [-0.15, -0.1) is 0 Å². The molecule has 2 rings (SSSR count). The smallest absolute Gasteiger partial charge is 0.222 e. The van der Waals surface area contributed by atoms with E-state index in [1.54, 1.807) is 0 Å². The fraction of sp³-hybridized carbons (Fsp3) is 0.533. The first-order valence-corrected chi connectivity index (χ1v) is 6.60. The number of hydrogen-bond acceptors (Lipinski definition) is 1. The second-order valence-electron chi connectivity index (χ2n) is 5.76. The molecule has 1 aliphatic carbocycles. The first kappa shape index (κ1) is 14.0. The van der Waals surface area contributed by atoms with Gasteiger partial charge >= 0.3 is 0 Å². The summed E-state index contributed by atoms with van der Waals surface area (Å²) in [5.74, 6) is -0.941. The highest BCUT2D eigenvalue weighted by Gasteiger charge is 2.53. The number of nitrogens with one attached hydrogen (secondary N) is 1. The highest BCUT2D eigenvalue weighted by atomic mass is 19.1. The van der Waals surface area contributed by atoms with Gasteiger partial charge in [0.05, 0.1) is 0 Å². The Morgan fingerprint density at radius 3 is 2.58 bits per heavy atom. The molecule has 1 aromatic carbocycles. The largest absolute Gasteiger partial charge is 0.355 e. The molecule has 2 atom stereocenters. The van der Waals surface area contributed by atoms with E-state index in [4.69, 9.17) is 0 Å². The van der Waals surface area contributed by atoms with Gasteiger partial charge in [-0.05, 0) is 24.0 Å². The van der Waals surface area contributed by atoms with Crippen LogP contribution in [0.5, 0.6) is 0 Å². The Morgan fingerprint density at radius 2 is 2.11 bits per heavy atom. The molecule has 0 heterocycles. The van der Waals surface area contributed by atoms with Crippen molar-refractivity contribution in [1.82, 2.24) is 5.32 Å². The van der Waals surface area contributed by atoms with Crippen molar-refractivity contribution >= 4 is 5.91 Å². The Hall–Kier alpha value is -1.45. The van der Waals surface area contributed by atoms with E-state index in [0.717, 1.165) is 12.5 Å². The summed E-state index contributed by atoms with van der Waals surface area (Å²) in [6.07, 6.45) is 0.813. The number of benzene rings is 1. The van der Waals surface area contributed by atoms with Crippen LogP contribution in [0, 0.1) is 23.5 Å². The minimum atomic E-state index is -0.573. The molecule has 2 unspecified atom stereocenters. The zero-order valence-corrected chi connectivity index (χ0v) is 11.5. The number of amides is 1. The molecule has 0 saturated heterocycles. The molecular formula is C15H19F2NO. The van der Waals surface area contributed by atoms with E-state index >= 15 is 0 Å². The van der Waals surface area contributed by atoms with Gasteiger partial charge in [0.15, 0.2) is 0 Å². The first-order valence-electron chi connectivity index (χ1n) is 6.60. The van der Waals surface area contributed by atoms with Gasteiger partial charge in [0.2, 0.25) is 5.91 Å². The van der Waals surface area contributed by atoms with E-state index in [1.807, 2.05) is 20.8 Å². The standard InChI is InChI=1S/C15H19F2NO/c1-9(2)14(19)18-8-15(7-10(15)3)12-5-4-11(16)6-13(12)17/h4-6,9-10H,7-8H2,1-3H3,(H,18,19). The second kappa shape index (κ2) is 4.91. The number of carbonyl (C=O) groups excluding carboxylic acids is 1. The summed E-state index contributed by atoms with van der Waals surface area (Å²) in [6.45, 7) is 6.06. The average Bonchev–Trinajstić information content (AvgIpc) is 2.97. The number of rotatable bonds is 4. The summed E-state index contributed by atoms with van der Waals surface area (Å²) in [6, 6.07) is 3.68. The van der Waals surface area contributed by atoms with Crippen molar-refractivity contribution in [2.24, 2.45) is 11.8 Å². The lowest BCUT2D eigenvalue weighted by molar-refractivity contribution is -0.124. The van der Waals surface area contributed by atoms with Crippen LogP contribution >= 0.6 is 0 Å². The van der Waals surface area contributed by atoms with E-state index in [1.165, 1.54) is 12.1 Å². The predicted molar refractivity (Wildman–Crippen MR) is 69.7 cm³/mol. The summed E-state index contributed by atoms with van der Waals surface area (Å²) in [7, 11) is 0. The van der Waals surface area contributed by atoms with E-state index < -0.39 is 11.6 Å². The van der Waals surface area contributed by atoms with Crippen LogP contribution in [-0.2, 0) is 10.2 Å². The minimum Gasteiger partial charge on any atom is -0.355 e. The van der Waals surface area contributed by atoms with Crippen LogP contribution in [-0.4, -0.2) is 12.5 Å². The number of hydrogen-bond donors (Lipinski definition) is 1. The van der Waals surface area contributed by atoms with Crippen LogP contribution in [0.4, 0.5) is 8.78 Å². The molecular weight excluding hydrogens is 248 g/mol. The van der Waals surface area contributed by atoms with Gasteiger partial charge in [0, 0.05) is 23.9 Å². The molecule has 104 valence electrons. The van der Waals surface area contributed by atoms with E-state index in [9.17, 15) is 13.6 Å². The summed E-state index contributed by atoms with van der Waals surface area (Å²) in [4.78, 5) is 11.6. The maximum Gasteiger partial charge on any atom is 0.222 e. The summed E-state index contributed by atoms with van der Waals surface area (Å²) >= 11 is 0. The Labute approximate surface area is 112 Å². The molecule has 4 heteroatoms. The quantitative estimate of drug-likeness (QED) is 0.892. The van der Waals surface area contributed by atoms with Crippen molar-refractivity contribution < 1.29 is 13.6 Å². The molecule has 0 aromatic heterocycles. The molecule has 1 saturated carbocycles. The summed E-state index contributed by atoms with van der Waals surface area (Å²) in [5.41, 5.74) is 0.132. The fourth-order valence-corrected chi connectivity index (χ4v) is 2.55. The third-order valence-electron chi connectivity index (χ3n) is 4.02. The molecule has 1 N–H and O–H groups in total. The number of halogens is 2. The van der Waals surface area contributed by atoms with Crippen LogP contribution in [0.3, 0.4) is 0 Å². The van der Waals surface area contributed by atoms with Gasteiger partial charge in [0.25, 0.3) is 0 Å². The van der Waals surface area contributed by atoms with Gasteiger partial charge in [0.1, 0.15) is 11.6 Å². The van der Waals surface area contributed by atoms with Gasteiger partial charge in [-0.2, -0.15) is 0 Å². The van der Waals surface area contributed by atoms with Crippen molar-refractivity contribution in [2.45, 2.75) is 32.6 Å². The van der Waals surface area contributed by atoms with Crippen molar-refractivity contribution in [2.75, 3.05) is 6.54 Å². The molecule has 0 aliphatic heterocycles. The van der Waals surface area contributed by atoms with Crippen LogP contribution in [0.15, 0.2) is 18.2 Å². The van der Waals surface area contributed by atoms with Gasteiger partial charge < -0.3 is 5.32 Å². The molecule has 1 fully saturated rings. The van der Waals surface area contributed by atoms with Gasteiger partial charge in [-0.3, -0.25) is 4.79 Å². The molecule has 2 nitrogen and oxygen atoms in total. The molecule has 1 aromatic rings. The van der Waals surface area contributed by atoms with Crippen LogP contribution in [0.2, 0.25) is 0 Å². The minimum absolute atomic E-state index is 0.0407. The molecule has 1 aliphatic rings. The maximum atomic E-state index is 13.9. The predicted octanol–water partition coefficient (Wildman–Crippen LogP) is 3.01. The zero-order valence-electron chi connectivity index (χ0n) is 11.5. The maximum absolute atomic E-state index is 13.9. The van der Waals surface area contributed by atoms with Gasteiger partial charge in [-0.25, -0.2) is 8.78 Å². The SMILES string of the molecule is CC(C)C(=O)NCC1(c2ccc(F)cc2F)CC1C. The molecule has 1 amide bonds. The Morgan fingerprint density at radius 1 is 1.47 bits per heavy atom. The van der Waals surface area contributed by atoms with Crippen molar-refractivity contribution in [3.05, 3.63) is 35.4 Å². The second-order valence-corrected chi connectivity index (χ2v) is 5.76. The lowest BCUT2D eigenvalue weighted by Gasteiger charge is -2.19. The third kappa shape index (κ3) is 2.62. The van der Waals surface area contributed by atoms with Crippen molar-refractivity contribution in [1.29, 1.82) is 0 Å². The Kier molecular flexibility index (Phi) is 3.61. The average molecular weight is 267 g/mol. The monoisotopic (exact) mass is 267 g/mol. The van der Waals surface area contributed by atoms with Crippen LogP contribution in [0.1, 0.15) is 32.8 Å². The summed E-state index contributed by atoms with van der Waals surface area (Å²) in [5, 5.41) is 2.86. The van der Waals surface area contributed by atoms with Crippen LogP contribution in [0.25, 0.3) is 0 Å². The highest BCUT2D eigenvalue weighted by Crippen LogP contribution is 2.54. The normalized spacial score (nSPS) is 25.5. The lowest BCUT2D eigenvalue weighted by atomic mass is 9.92. The number of carbonyl (C=O) groups is 1. The zero-order chi connectivity index (χ0) is 14.2. The molecule has 0 spiro atoms. The molecule has 19 heavy (non-hydrogen) atoms. The summed E-state index contributed by atoms with van der Waals surface area (Å²) < 4.78 is 26.9. The molecule has 0 bridgehead atoms. The first-order chi connectivity index (χ1) is 8.86. The fourth-order valence-electron chi connectivity index (χ4n) is 2.55. The van der Waals surface area contributed by atoms with E-state index in [0.29, 0.717) is 18.0 Å². The van der Waals surface area contributed by atoms with Gasteiger partial charge in [-0.1, -0.05) is 26.8 Å². The topological polar surface area (TPSA) is 29.1 Å². The van der Waals surface area contributed by atoms with Crippen LogP contribution < -0.4 is 5.32 Å². The molecule has 0 radical (unpaired) electrons. The Bertz CT molecular complexity index is 501. The third-order valence-corrected chi connectivity index (χ3v) is 4.02. The van der Waals surface area contributed by atoms with Crippen molar-refractivity contribution in [3.63, 3.8) is 0 Å². The van der Waals surface area contributed by atoms with Crippen molar-refractivity contribution in [3.8, 4) is 0 Å². The Balaban J connectivity index is 2.17. The highest BCUT2D eigenvalue weighted by molar-refractivity contribution is 5.78. The van der Waals surface area contributed by atoms with E-state index in [-0.39, 0.29) is 17.2 Å².